The highest BCUT2D eigenvalue weighted by molar-refractivity contribution is 9.10. The van der Waals surface area contributed by atoms with E-state index in [-0.39, 0.29) is 22.5 Å². The van der Waals surface area contributed by atoms with Crippen molar-refractivity contribution in [3.05, 3.63) is 57.8 Å². The van der Waals surface area contributed by atoms with Gasteiger partial charge in [0, 0.05) is 10.0 Å². The van der Waals surface area contributed by atoms with Crippen LogP contribution in [0.5, 0.6) is 0 Å². The maximum Gasteiger partial charge on any atom is 0.337 e. The molecule has 0 aliphatic heterocycles. The summed E-state index contributed by atoms with van der Waals surface area (Å²) in [5.74, 6) is -2.52. The predicted octanol–water partition coefficient (Wildman–Crippen LogP) is 3.12. The number of anilines is 2. The molecule has 5 nitrogen and oxygen atoms in total. The van der Waals surface area contributed by atoms with Crippen LogP contribution in [0.1, 0.15) is 20.7 Å². The highest BCUT2D eigenvalue weighted by Crippen LogP contribution is 2.22. The summed E-state index contributed by atoms with van der Waals surface area (Å²) in [6.07, 6.45) is 0. The fourth-order valence-corrected chi connectivity index (χ4v) is 2.03. The topological polar surface area (TPSA) is 92.4 Å². The molecular weight excluding hydrogens is 343 g/mol. The summed E-state index contributed by atoms with van der Waals surface area (Å²) in [4.78, 5) is 23.1. The van der Waals surface area contributed by atoms with Gasteiger partial charge in [0.2, 0.25) is 0 Å². The number of halogens is 2. The minimum absolute atomic E-state index is 0.0398. The average Bonchev–Trinajstić information content (AvgIpc) is 2.41. The second kappa shape index (κ2) is 5.92. The Bertz CT molecular complexity index is 734. The number of nitrogens with two attached hydrogens (primary N) is 1. The molecule has 0 aromatic heterocycles. The minimum Gasteiger partial charge on any atom is -0.478 e. The fraction of sp³-hybridized carbons (Fsp3) is 0. The maximum atomic E-state index is 13.3. The molecule has 0 fully saturated rings. The van der Waals surface area contributed by atoms with E-state index in [2.05, 4.69) is 21.2 Å². The van der Waals surface area contributed by atoms with E-state index in [1.807, 2.05) is 0 Å². The lowest BCUT2D eigenvalue weighted by Crippen LogP contribution is -2.15. The molecule has 0 aliphatic rings. The summed E-state index contributed by atoms with van der Waals surface area (Å²) >= 11 is 3.19. The Labute approximate surface area is 127 Å². The van der Waals surface area contributed by atoms with Crippen molar-refractivity contribution in [1.82, 2.24) is 0 Å². The Kier molecular flexibility index (Phi) is 4.23. The van der Waals surface area contributed by atoms with Gasteiger partial charge in [-0.25, -0.2) is 9.18 Å². The second-order valence-corrected chi connectivity index (χ2v) is 5.10. The number of hydrogen-bond acceptors (Lipinski definition) is 3. The first-order chi connectivity index (χ1) is 9.88. The van der Waals surface area contributed by atoms with Crippen LogP contribution in [-0.4, -0.2) is 17.0 Å². The van der Waals surface area contributed by atoms with Gasteiger partial charge in [-0.1, -0.05) is 15.9 Å². The lowest BCUT2D eigenvalue weighted by atomic mass is 10.1. The number of carboxylic acids is 1. The fourth-order valence-electron chi connectivity index (χ4n) is 1.67. The van der Waals surface area contributed by atoms with Gasteiger partial charge in [0.15, 0.2) is 0 Å². The molecule has 7 heteroatoms. The Morgan fingerprint density at radius 2 is 1.90 bits per heavy atom. The molecule has 0 saturated carbocycles. The molecule has 0 unspecified atom stereocenters. The number of amides is 1. The highest BCUT2D eigenvalue weighted by Gasteiger charge is 2.15. The van der Waals surface area contributed by atoms with E-state index >= 15 is 0 Å². The quantitative estimate of drug-likeness (QED) is 0.740. The predicted molar refractivity (Wildman–Crippen MR) is 79.9 cm³/mol. The molecule has 2 rings (SSSR count). The number of carboxylic acid groups (broad SMARTS) is 1. The van der Waals surface area contributed by atoms with Gasteiger partial charge in [-0.15, -0.1) is 0 Å². The first-order valence-corrected chi connectivity index (χ1v) is 6.57. The van der Waals surface area contributed by atoms with Crippen LogP contribution in [0.15, 0.2) is 40.9 Å². The number of benzene rings is 2. The van der Waals surface area contributed by atoms with Crippen molar-refractivity contribution < 1.29 is 19.1 Å². The third-order valence-corrected chi connectivity index (χ3v) is 3.22. The van der Waals surface area contributed by atoms with E-state index in [0.717, 1.165) is 6.07 Å². The third-order valence-electron chi connectivity index (χ3n) is 2.72. The lowest BCUT2D eigenvalue weighted by Gasteiger charge is -2.09. The van der Waals surface area contributed by atoms with Crippen LogP contribution in [0, 0.1) is 5.82 Å². The number of nitrogens with one attached hydrogen (secondary N) is 1. The van der Waals surface area contributed by atoms with Crippen molar-refractivity contribution in [3.63, 3.8) is 0 Å². The maximum absolute atomic E-state index is 13.3. The van der Waals surface area contributed by atoms with Crippen LogP contribution in [0.2, 0.25) is 0 Å². The first-order valence-electron chi connectivity index (χ1n) is 5.77. The van der Waals surface area contributed by atoms with Gasteiger partial charge in [-0.2, -0.15) is 0 Å². The zero-order chi connectivity index (χ0) is 15.6. The molecule has 0 aliphatic carbocycles. The highest BCUT2D eigenvalue weighted by atomic mass is 79.9. The molecule has 2 aromatic rings. The van der Waals surface area contributed by atoms with Crippen LogP contribution in [0.4, 0.5) is 15.8 Å². The van der Waals surface area contributed by atoms with Crippen LogP contribution in [-0.2, 0) is 0 Å². The first kappa shape index (κ1) is 15.0. The summed E-state index contributed by atoms with van der Waals surface area (Å²) in [5, 5.41) is 11.5. The standard InChI is InChI=1S/C14H10BrFN2O3/c15-8-2-3-9(14(20)21)12(6-8)18-13(19)7-1-4-11(17)10(16)5-7/h1-6H,17H2,(H,18,19)(H,20,21). The van der Waals surface area contributed by atoms with Crippen LogP contribution in [0.3, 0.4) is 0 Å². The van der Waals surface area contributed by atoms with Gasteiger partial charge in [-0.3, -0.25) is 4.79 Å². The normalized spacial score (nSPS) is 10.2. The average molecular weight is 353 g/mol. The van der Waals surface area contributed by atoms with Gasteiger partial charge >= 0.3 is 5.97 Å². The summed E-state index contributed by atoms with van der Waals surface area (Å²) < 4.78 is 13.9. The summed E-state index contributed by atoms with van der Waals surface area (Å²) in [6.45, 7) is 0. The molecule has 0 heterocycles. The largest absolute Gasteiger partial charge is 0.478 e. The van der Waals surface area contributed by atoms with E-state index in [0.29, 0.717) is 4.47 Å². The summed E-state index contributed by atoms with van der Waals surface area (Å²) in [6, 6.07) is 7.96. The molecule has 21 heavy (non-hydrogen) atoms. The van der Waals surface area contributed by atoms with Crippen LogP contribution in [0.25, 0.3) is 0 Å². The summed E-state index contributed by atoms with van der Waals surface area (Å²) in [7, 11) is 0. The molecule has 2 aromatic carbocycles. The van der Waals surface area contributed by atoms with Crippen molar-refractivity contribution in [2.45, 2.75) is 0 Å². The van der Waals surface area contributed by atoms with Crippen molar-refractivity contribution in [3.8, 4) is 0 Å². The number of aromatic carboxylic acids is 1. The van der Waals surface area contributed by atoms with Crippen molar-refractivity contribution in [2.24, 2.45) is 0 Å². The van der Waals surface area contributed by atoms with Gasteiger partial charge < -0.3 is 16.2 Å². The van der Waals surface area contributed by atoms with Crippen LogP contribution >= 0.6 is 15.9 Å². The SMILES string of the molecule is Nc1ccc(C(=O)Nc2cc(Br)ccc2C(=O)O)cc1F. The zero-order valence-corrected chi connectivity index (χ0v) is 12.1. The van der Waals surface area contributed by atoms with E-state index < -0.39 is 17.7 Å². The third kappa shape index (κ3) is 3.38. The molecule has 0 atom stereocenters. The number of carbonyl (C=O) groups excluding carboxylic acids is 1. The monoisotopic (exact) mass is 352 g/mol. The molecule has 0 bridgehead atoms. The lowest BCUT2D eigenvalue weighted by molar-refractivity contribution is 0.0698. The Balaban J connectivity index is 2.33. The zero-order valence-electron chi connectivity index (χ0n) is 10.6. The molecule has 1 amide bonds. The number of nitrogen functional groups attached to an aromatic ring is 1. The molecule has 108 valence electrons. The Morgan fingerprint density at radius 3 is 2.52 bits per heavy atom. The molecule has 0 saturated heterocycles. The molecule has 0 radical (unpaired) electrons. The Hall–Kier alpha value is -2.41. The number of carbonyl (C=O) groups is 2. The van der Waals surface area contributed by atoms with Crippen molar-refractivity contribution in [1.29, 1.82) is 0 Å². The minimum atomic E-state index is -1.18. The van der Waals surface area contributed by atoms with Crippen LogP contribution < -0.4 is 11.1 Å². The van der Waals surface area contributed by atoms with Crippen molar-refractivity contribution in [2.75, 3.05) is 11.1 Å². The van der Waals surface area contributed by atoms with E-state index in [4.69, 9.17) is 10.8 Å². The molecular formula is C14H10BrFN2O3. The van der Waals surface area contributed by atoms with E-state index in [1.165, 1.54) is 24.3 Å². The second-order valence-electron chi connectivity index (χ2n) is 4.19. The summed E-state index contributed by atoms with van der Waals surface area (Å²) in [5.41, 5.74) is 5.35. The molecule has 4 N–H and O–H groups in total. The van der Waals surface area contributed by atoms with Gasteiger partial charge in [0.05, 0.1) is 16.9 Å². The smallest absolute Gasteiger partial charge is 0.337 e. The van der Waals surface area contributed by atoms with Gasteiger partial charge in [-0.05, 0) is 36.4 Å². The number of rotatable bonds is 3. The Morgan fingerprint density at radius 1 is 1.19 bits per heavy atom. The van der Waals surface area contributed by atoms with E-state index in [1.54, 1.807) is 6.07 Å². The van der Waals surface area contributed by atoms with Crippen molar-refractivity contribution >= 4 is 39.2 Å². The van der Waals surface area contributed by atoms with E-state index in [9.17, 15) is 14.0 Å². The number of hydrogen-bond donors (Lipinski definition) is 3. The molecule has 0 spiro atoms. The van der Waals surface area contributed by atoms with Gasteiger partial charge in [0.25, 0.3) is 5.91 Å². The van der Waals surface area contributed by atoms with Gasteiger partial charge in [0.1, 0.15) is 5.82 Å².